The predicted octanol–water partition coefficient (Wildman–Crippen LogP) is 5.52. The largest absolute Gasteiger partial charge is 0.490 e. The molecule has 4 nitrogen and oxygen atoms in total. The average molecular weight is 358 g/mol. The van der Waals surface area contributed by atoms with Crippen LogP contribution in [0.25, 0.3) is 22.4 Å². The third-order valence-corrected chi connectivity index (χ3v) is 4.42. The highest BCUT2D eigenvalue weighted by molar-refractivity contribution is 5.79. The monoisotopic (exact) mass is 358 g/mol. The van der Waals surface area contributed by atoms with E-state index < -0.39 is 0 Å². The van der Waals surface area contributed by atoms with E-state index >= 15 is 0 Å². The van der Waals surface area contributed by atoms with E-state index in [1.165, 1.54) is 5.56 Å². The maximum Gasteiger partial charge on any atom is 0.161 e. The molecule has 0 atom stereocenters. The molecule has 1 heterocycles. The smallest absolute Gasteiger partial charge is 0.161 e. The van der Waals surface area contributed by atoms with E-state index in [0.29, 0.717) is 13.2 Å². The van der Waals surface area contributed by atoms with Crippen LogP contribution in [-0.2, 0) is 6.61 Å². The summed E-state index contributed by atoms with van der Waals surface area (Å²) in [6.45, 7) is 5.13. The Labute approximate surface area is 158 Å². The number of benzene rings is 3. The third-order valence-electron chi connectivity index (χ3n) is 4.42. The van der Waals surface area contributed by atoms with Crippen LogP contribution >= 0.6 is 0 Å². The molecule has 0 aliphatic rings. The number of nitrogens with zero attached hydrogens (tertiary/aromatic N) is 1. The van der Waals surface area contributed by atoms with Crippen molar-refractivity contribution in [2.45, 2.75) is 20.5 Å². The number of rotatable bonds is 6. The van der Waals surface area contributed by atoms with Crippen LogP contribution in [0.3, 0.4) is 0 Å². The van der Waals surface area contributed by atoms with Crippen LogP contribution in [0.5, 0.6) is 11.5 Å². The molecule has 0 spiro atoms. The second kappa shape index (κ2) is 7.54. The molecule has 3 aromatic carbocycles. The molecule has 0 amide bonds. The number of hydrogen-bond donors (Lipinski definition) is 1. The van der Waals surface area contributed by atoms with Crippen molar-refractivity contribution in [2.24, 2.45) is 0 Å². The summed E-state index contributed by atoms with van der Waals surface area (Å²) in [4.78, 5) is 8.02. The second-order valence-corrected chi connectivity index (χ2v) is 6.47. The van der Waals surface area contributed by atoms with Crippen molar-refractivity contribution in [2.75, 3.05) is 6.61 Å². The molecule has 27 heavy (non-hydrogen) atoms. The number of aromatic nitrogens is 2. The number of imidazole rings is 1. The number of hydrogen-bond acceptors (Lipinski definition) is 3. The van der Waals surface area contributed by atoms with Gasteiger partial charge >= 0.3 is 0 Å². The van der Waals surface area contributed by atoms with E-state index in [9.17, 15) is 0 Å². The molecule has 0 bridgehead atoms. The number of para-hydroxylation sites is 2. The van der Waals surface area contributed by atoms with Crippen LogP contribution in [0.1, 0.15) is 18.1 Å². The first-order valence-electron chi connectivity index (χ1n) is 9.13. The van der Waals surface area contributed by atoms with Gasteiger partial charge in [0.15, 0.2) is 11.5 Å². The quantitative estimate of drug-likeness (QED) is 0.494. The number of aromatic amines is 1. The van der Waals surface area contributed by atoms with Gasteiger partial charge in [-0.15, -0.1) is 0 Å². The van der Waals surface area contributed by atoms with E-state index in [-0.39, 0.29) is 0 Å². The summed E-state index contributed by atoms with van der Waals surface area (Å²) >= 11 is 0. The maximum atomic E-state index is 6.01. The first kappa shape index (κ1) is 17.2. The molecule has 0 aliphatic carbocycles. The molecule has 1 N–H and O–H groups in total. The van der Waals surface area contributed by atoms with Crippen LogP contribution in [0.4, 0.5) is 0 Å². The van der Waals surface area contributed by atoms with Gasteiger partial charge in [-0.05, 0) is 49.7 Å². The lowest BCUT2D eigenvalue weighted by Gasteiger charge is -2.13. The summed E-state index contributed by atoms with van der Waals surface area (Å²) in [6.07, 6.45) is 0. The van der Waals surface area contributed by atoms with Gasteiger partial charge in [-0.25, -0.2) is 4.98 Å². The summed E-state index contributed by atoms with van der Waals surface area (Å²) in [5, 5.41) is 0. The fourth-order valence-electron chi connectivity index (χ4n) is 2.98. The van der Waals surface area contributed by atoms with Gasteiger partial charge < -0.3 is 14.5 Å². The molecule has 0 saturated heterocycles. The maximum absolute atomic E-state index is 6.01. The second-order valence-electron chi connectivity index (χ2n) is 6.47. The lowest BCUT2D eigenvalue weighted by atomic mass is 10.1. The number of H-pyrrole nitrogens is 1. The molecular weight excluding hydrogens is 336 g/mol. The van der Waals surface area contributed by atoms with Gasteiger partial charge in [0.1, 0.15) is 12.4 Å². The van der Waals surface area contributed by atoms with E-state index in [1.807, 2.05) is 49.4 Å². The molecular formula is C23H22N2O2. The zero-order valence-corrected chi connectivity index (χ0v) is 15.5. The predicted molar refractivity (Wildman–Crippen MR) is 108 cm³/mol. The Hall–Kier alpha value is -3.27. The highest BCUT2D eigenvalue weighted by Gasteiger charge is 2.11. The number of nitrogens with one attached hydrogen (secondary N) is 1. The minimum absolute atomic E-state index is 0.504. The standard InChI is InChI=1S/C23H22N2O2/c1-3-26-22-14-18(23-24-19-6-4-5-7-20(19)25-23)12-13-21(22)27-15-17-10-8-16(2)9-11-17/h4-14H,3,15H2,1-2H3,(H,24,25). The fourth-order valence-corrected chi connectivity index (χ4v) is 2.98. The van der Waals surface area contributed by atoms with Gasteiger partial charge in [0.25, 0.3) is 0 Å². The van der Waals surface area contributed by atoms with E-state index in [2.05, 4.69) is 41.2 Å². The molecule has 0 fully saturated rings. The van der Waals surface area contributed by atoms with Crippen molar-refractivity contribution < 1.29 is 9.47 Å². The Morgan fingerprint density at radius 2 is 1.70 bits per heavy atom. The Balaban J connectivity index is 1.60. The molecule has 0 radical (unpaired) electrons. The molecule has 0 unspecified atom stereocenters. The minimum Gasteiger partial charge on any atom is -0.490 e. The van der Waals surface area contributed by atoms with Crippen LogP contribution in [0, 0.1) is 6.92 Å². The van der Waals surface area contributed by atoms with E-state index in [0.717, 1.165) is 39.5 Å². The Kier molecular flexibility index (Phi) is 4.79. The highest BCUT2D eigenvalue weighted by atomic mass is 16.5. The van der Waals surface area contributed by atoms with Crippen LogP contribution in [-0.4, -0.2) is 16.6 Å². The van der Waals surface area contributed by atoms with Gasteiger partial charge in [0, 0.05) is 5.56 Å². The lowest BCUT2D eigenvalue weighted by molar-refractivity contribution is 0.269. The average Bonchev–Trinajstić information content (AvgIpc) is 3.13. The van der Waals surface area contributed by atoms with Crippen LogP contribution < -0.4 is 9.47 Å². The van der Waals surface area contributed by atoms with Crippen molar-refractivity contribution in [3.8, 4) is 22.9 Å². The van der Waals surface area contributed by atoms with Crippen molar-refractivity contribution in [3.63, 3.8) is 0 Å². The van der Waals surface area contributed by atoms with Gasteiger partial charge in [-0.2, -0.15) is 0 Å². The summed E-state index contributed by atoms with van der Waals surface area (Å²) in [5.74, 6) is 2.28. The van der Waals surface area contributed by atoms with Crippen molar-refractivity contribution in [1.29, 1.82) is 0 Å². The normalized spacial score (nSPS) is 10.9. The Morgan fingerprint density at radius 3 is 2.48 bits per heavy atom. The van der Waals surface area contributed by atoms with E-state index in [1.54, 1.807) is 0 Å². The summed E-state index contributed by atoms with van der Waals surface area (Å²) in [7, 11) is 0. The molecule has 1 aromatic heterocycles. The number of fused-ring (bicyclic) bond motifs is 1. The summed E-state index contributed by atoms with van der Waals surface area (Å²) in [6, 6.07) is 22.3. The fraction of sp³-hybridized carbons (Fsp3) is 0.174. The first-order valence-corrected chi connectivity index (χ1v) is 9.13. The SMILES string of the molecule is CCOc1cc(-c2nc3ccccc3[nH]2)ccc1OCc1ccc(C)cc1. The van der Waals surface area contributed by atoms with Gasteiger partial charge in [-0.1, -0.05) is 42.0 Å². The van der Waals surface area contributed by atoms with Crippen molar-refractivity contribution in [1.82, 2.24) is 9.97 Å². The van der Waals surface area contributed by atoms with E-state index in [4.69, 9.17) is 9.47 Å². The molecule has 136 valence electrons. The highest BCUT2D eigenvalue weighted by Crippen LogP contribution is 2.33. The summed E-state index contributed by atoms with van der Waals surface area (Å²) in [5.41, 5.74) is 5.31. The van der Waals surface area contributed by atoms with Crippen LogP contribution in [0.2, 0.25) is 0 Å². The Bertz CT molecular complexity index is 1020. The first-order chi connectivity index (χ1) is 13.2. The van der Waals surface area contributed by atoms with Crippen molar-refractivity contribution in [3.05, 3.63) is 77.9 Å². The Morgan fingerprint density at radius 1 is 0.889 bits per heavy atom. The number of ether oxygens (including phenoxy) is 2. The lowest BCUT2D eigenvalue weighted by Crippen LogP contribution is -2.00. The molecule has 4 heteroatoms. The zero-order chi connectivity index (χ0) is 18.6. The molecule has 4 aromatic rings. The van der Waals surface area contributed by atoms with Gasteiger partial charge in [-0.3, -0.25) is 0 Å². The molecule has 0 saturated carbocycles. The summed E-state index contributed by atoms with van der Waals surface area (Å²) < 4.78 is 11.8. The number of aryl methyl sites for hydroxylation is 1. The van der Waals surface area contributed by atoms with Gasteiger partial charge in [0.2, 0.25) is 0 Å². The molecule has 0 aliphatic heterocycles. The zero-order valence-electron chi connectivity index (χ0n) is 15.5. The van der Waals surface area contributed by atoms with Crippen LogP contribution in [0.15, 0.2) is 66.7 Å². The molecule has 4 rings (SSSR count). The van der Waals surface area contributed by atoms with Crippen molar-refractivity contribution >= 4 is 11.0 Å². The third kappa shape index (κ3) is 3.80. The van der Waals surface area contributed by atoms with Gasteiger partial charge in [0.05, 0.1) is 17.6 Å². The minimum atomic E-state index is 0.504. The topological polar surface area (TPSA) is 47.1 Å².